The Hall–Kier alpha value is -0.800. The lowest BCUT2D eigenvalue weighted by Crippen LogP contribution is -2.13. The molecule has 1 aromatic heterocycles. The maximum Gasteiger partial charge on any atom is 0.0850 e. The fourth-order valence-electron chi connectivity index (χ4n) is 1.81. The molecule has 0 radical (unpaired) electrons. The van der Waals surface area contributed by atoms with Gasteiger partial charge in [0.15, 0.2) is 0 Å². The van der Waals surface area contributed by atoms with Gasteiger partial charge in [-0.25, -0.2) is 0 Å². The van der Waals surface area contributed by atoms with E-state index >= 15 is 0 Å². The summed E-state index contributed by atoms with van der Waals surface area (Å²) in [4.78, 5) is 0. The third-order valence-electron chi connectivity index (χ3n) is 2.77. The zero-order valence-electron chi connectivity index (χ0n) is 11.2. The van der Waals surface area contributed by atoms with E-state index < -0.39 is 0 Å². The van der Waals surface area contributed by atoms with E-state index in [2.05, 4.69) is 30.3 Å². The molecule has 1 aromatic rings. The van der Waals surface area contributed by atoms with E-state index in [1.807, 2.05) is 18.7 Å². The van der Waals surface area contributed by atoms with Crippen molar-refractivity contribution in [2.24, 2.45) is 7.05 Å². The normalized spacial score (nSPS) is 12.2. The molecule has 96 valence electrons. The molecule has 1 N–H and O–H groups in total. The van der Waals surface area contributed by atoms with Crippen molar-refractivity contribution < 1.29 is 0 Å². The Morgan fingerprint density at radius 2 is 2.24 bits per heavy atom. The maximum atomic E-state index is 6.22. The van der Waals surface area contributed by atoms with Crippen LogP contribution in [0.5, 0.6) is 0 Å². The second-order valence-electron chi connectivity index (χ2n) is 4.34. The van der Waals surface area contributed by atoms with Crippen molar-refractivity contribution in [1.82, 2.24) is 15.1 Å². The number of rotatable bonds is 6. The first-order valence-corrected chi connectivity index (χ1v) is 6.48. The van der Waals surface area contributed by atoms with Crippen LogP contribution in [0.25, 0.3) is 0 Å². The number of hydrogen-bond donors (Lipinski definition) is 1. The minimum atomic E-state index is 0.798. The molecule has 0 atom stereocenters. The lowest BCUT2D eigenvalue weighted by Gasteiger charge is -2.04. The van der Waals surface area contributed by atoms with Crippen molar-refractivity contribution in [3.63, 3.8) is 0 Å². The third-order valence-corrected chi connectivity index (χ3v) is 3.26. The highest BCUT2D eigenvalue weighted by Crippen LogP contribution is 2.21. The first-order chi connectivity index (χ1) is 8.06. The largest absolute Gasteiger partial charge is 0.317 e. The van der Waals surface area contributed by atoms with Crippen LogP contribution in [0.1, 0.15) is 31.7 Å². The van der Waals surface area contributed by atoms with Gasteiger partial charge >= 0.3 is 0 Å². The molecular weight excluding hydrogens is 234 g/mol. The highest BCUT2D eigenvalue weighted by Gasteiger charge is 2.10. The van der Waals surface area contributed by atoms with Crippen molar-refractivity contribution in [3.8, 4) is 0 Å². The van der Waals surface area contributed by atoms with Crippen molar-refractivity contribution in [2.75, 3.05) is 13.1 Å². The number of hydrogen-bond acceptors (Lipinski definition) is 2. The minimum absolute atomic E-state index is 0.798. The number of aryl methyl sites for hydroxylation is 2. The van der Waals surface area contributed by atoms with E-state index in [-0.39, 0.29) is 0 Å². The van der Waals surface area contributed by atoms with E-state index in [4.69, 9.17) is 11.6 Å². The lowest BCUT2D eigenvalue weighted by atomic mass is 10.1. The van der Waals surface area contributed by atoms with Crippen LogP contribution in [-0.4, -0.2) is 22.9 Å². The number of halogens is 1. The Bertz CT molecular complexity index is 394. The number of nitrogens with one attached hydrogen (secondary N) is 1. The summed E-state index contributed by atoms with van der Waals surface area (Å²) in [6.07, 6.45) is 4.21. The van der Waals surface area contributed by atoms with Gasteiger partial charge in [0.1, 0.15) is 0 Å². The Kier molecular flexibility index (Phi) is 5.72. The van der Waals surface area contributed by atoms with Crippen molar-refractivity contribution in [2.45, 2.75) is 33.6 Å². The fraction of sp³-hybridized carbons (Fsp3) is 0.615. The third kappa shape index (κ3) is 4.17. The summed E-state index contributed by atoms with van der Waals surface area (Å²) in [5.74, 6) is 0. The van der Waals surface area contributed by atoms with Crippen LogP contribution < -0.4 is 5.32 Å². The molecule has 0 aliphatic heterocycles. The van der Waals surface area contributed by atoms with Gasteiger partial charge in [-0.05, 0) is 33.4 Å². The summed E-state index contributed by atoms with van der Waals surface area (Å²) in [5.41, 5.74) is 3.35. The van der Waals surface area contributed by atoms with Crippen LogP contribution in [0.15, 0.2) is 11.6 Å². The van der Waals surface area contributed by atoms with Crippen LogP contribution in [0.3, 0.4) is 0 Å². The van der Waals surface area contributed by atoms with Gasteiger partial charge in [0, 0.05) is 13.5 Å². The van der Waals surface area contributed by atoms with E-state index in [1.54, 1.807) is 0 Å². The van der Waals surface area contributed by atoms with Gasteiger partial charge in [-0.3, -0.25) is 4.68 Å². The van der Waals surface area contributed by atoms with Crippen molar-refractivity contribution >= 4 is 11.6 Å². The quantitative estimate of drug-likeness (QED) is 0.626. The van der Waals surface area contributed by atoms with Gasteiger partial charge in [0.25, 0.3) is 0 Å². The van der Waals surface area contributed by atoms with Gasteiger partial charge in [0.05, 0.1) is 16.4 Å². The molecule has 0 bridgehead atoms. The van der Waals surface area contributed by atoms with Crippen molar-refractivity contribution in [3.05, 3.63) is 28.1 Å². The SMILES string of the molecule is CCNCCC=C(C)Cc1c(Cl)c(C)nn1C. The molecule has 0 fully saturated rings. The standard InChI is InChI=1S/C13H22ClN3/c1-5-15-8-6-7-10(2)9-12-13(14)11(3)16-17(12)4/h7,15H,5-6,8-9H2,1-4H3. The number of aromatic nitrogens is 2. The van der Waals surface area contributed by atoms with E-state index in [0.29, 0.717) is 0 Å². The fourth-order valence-corrected chi connectivity index (χ4v) is 2.03. The topological polar surface area (TPSA) is 29.9 Å². The molecular formula is C13H22ClN3. The highest BCUT2D eigenvalue weighted by atomic mass is 35.5. The molecule has 17 heavy (non-hydrogen) atoms. The molecule has 1 heterocycles. The Morgan fingerprint density at radius 1 is 1.53 bits per heavy atom. The van der Waals surface area contributed by atoms with Crippen LogP contribution in [0.4, 0.5) is 0 Å². The van der Waals surface area contributed by atoms with Gasteiger partial charge in [0.2, 0.25) is 0 Å². The first kappa shape index (κ1) is 14.3. The summed E-state index contributed by atoms with van der Waals surface area (Å²) < 4.78 is 1.87. The highest BCUT2D eigenvalue weighted by molar-refractivity contribution is 6.31. The van der Waals surface area contributed by atoms with E-state index in [9.17, 15) is 0 Å². The monoisotopic (exact) mass is 255 g/mol. The molecule has 0 aliphatic carbocycles. The second kappa shape index (κ2) is 6.82. The minimum Gasteiger partial charge on any atom is -0.317 e. The Balaban J connectivity index is 2.58. The van der Waals surface area contributed by atoms with Crippen LogP contribution >= 0.6 is 11.6 Å². The Labute approximate surface area is 109 Å². The smallest absolute Gasteiger partial charge is 0.0850 e. The summed E-state index contributed by atoms with van der Waals surface area (Å²) in [6.45, 7) is 8.26. The molecule has 1 rings (SSSR count). The van der Waals surface area contributed by atoms with Gasteiger partial charge in [-0.2, -0.15) is 5.10 Å². The van der Waals surface area contributed by atoms with Crippen LogP contribution in [0.2, 0.25) is 5.02 Å². The molecule has 0 amide bonds. The average Bonchev–Trinajstić information content (AvgIpc) is 2.52. The predicted octanol–water partition coefficient (Wildman–Crippen LogP) is 2.87. The summed E-state index contributed by atoms with van der Waals surface area (Å²) >= 11 is 6.22. The predicted molar refractivity (Wildman–Crippen MR) is 73.6 cm³/mol. The zero-order valence-corrected chi connectivity index (χ0v) is 11.9. The molecule has 0 aromatic carbocycles. The van der Waals surface area contributed by atoms with E-state index in [0.717, 1.165) is 42.3 Å². The first-order valence-electron chi connectivity index (χ1n) is 6.10. The number of nitrogens with zero attached hydrogens (tertiary/aromatic N) is 2. The van der Waals surface area contributed by atoms with Gasteiger partial charge < -0.3 is 5.32 Å². The molecule has 4 heteroatoms. The van der Waals surface area contributed by atoms with E-state index in [1.165, 1.54) is 5.57 Å². The summed E-state index contributed by atoms with van der Waals surface area (Å²) in [6, 6.07) is 0. The molecule has 0 saturated carbocycles. The van der Waals surface area contributed by atoms with Crippen molar-refractivity contribution in [1.29, 1.82) is 0 Å². The average molecular weight is 256 g/mol. The number of allylic oxidation sites excluding steroid dienone is 1. The maximum absolute atomic E-state index is 6.22. The second-order valence-corrected chi connectivity index (χ2v) is 4.72. The Morgan fingerprint density at radius 3 is 2.76 bits per heavy atom. The zero-order chi connectivity index (χ0) is 12.8. The summed E-state index contributed by atoms with van der Waals surface area (Å²) in [7, 11) is 1.94. The molecule has 3 nitrogen and oxygen atoms in total. The molecule has 0 unspecified atom stereocenters. The van der Waals surface area contributed by atoms with Gasteiger partial charge in [-0.1, -0.05) is 30.2 Å². The molecule has 0 aliphatic rings. The molecule has 0 saturated heterocycles. The molecule has 0 spiro atoms. The van der Waals surface area contributed by atoms with Crippen LogP contribution in [0, 0.1) is 6.92 Å². The van der Waals surface area contributed by atoms with Crippen LogP contribution in [-0.2, 0) is 13.5 Å². The van der Waals surface area contributed by atoms with Gasteiger partial charge in [-0.15, -0.1) is 0 Å². The lowest BCUT2D eigenvalue weighted by molar-refractivity contribution is 0.709. The summed E-state index contributed by atoms with van der Waals surface area (Å²) in [5, 5.41) is 8.42.